The van der Waals surface area contributed by atoms with Gasteiger partial charge in [-0.3, -0.25) is 0 Å². The maximum Gasteiger partial charge on any atom is 0.338 e. The zero-order chi connectivity index (χ0) is 19.4. The van der Waals surface area contributed by atoms with Crippen LogP contribution < -0.4 is 0 Å². The number of esters is 1. The van der Waals surface area contributed by atoms with E-state index in [-0.39, 0.29) is 11.7 Å². The van der Waals surface area contributed by atoms with Gasteiger partial charge in [-0.05, 0) is 49.7 Å². The quantitative estimate of drug-likeness (QED) is 0.352. The second kappa shape index (κ2) is 9.26. The van der Waals surface area contributed by atoms with Gasteiger partial charge in [0, 0.05) is 8.80 Å². The highest BCUT2D eigenvalue weighted by molar-refractivity contribution is 6.58. The minimum atomic E-state index is -1.57. The molecule has 1 saturated heterocycles. The van der Waals surface area contributed by atoms with E-state index in [9.17, 15) is 18.0 Å². The lowest BCUT2D eigenvalue weighted by atomic mass is 9.76. The molecule has 3 rings (SSSR count). The van der Waals surface area contributed by atoms with Gasteiger partial charge in [-0.1, -0.05) is 44.3 Å². The summed E-state index contributed by atoms with van der Waals surface area (Å²) in [6.45, 7) is 2.29. The van der Waals surface area contributed by atoms with Crippen LogP contribution in [-0.2, 0) is 4.74 Å². The van der Waals surface area contributed by atoms with E-state index in [0.29, 0.717) is 12.1 Å². The number of benzene rings is 1. The largest absolute Gasteiger partial charge is 0.459 e. The van der Waals surface area contributed by atoms with Crippen molar-refractivity contribution < 1.29 is 22.7 Å². The Labute approximate surface area is 161 Å². The van der Waals surface area contributed by atoms with Crippen LogP contribution in [0.15, 0.2) is 12.1 Å². The summed E-state index contributed by atoms with van der Waals surface area (Å²) in [7, 11) is -0.455. The number of halogens is 3. The standard InChI is InChI=1S/C21H29F3O2Si/c1-2-9-27-10-7-15(8-11-27)14-3-5-17(6-4-14)26-21(25)16-12-18(22)20(24)19(23)13-16/h12-15,17,27H,2-11H2,1H3. The molecule has 0 aromatic heterocycles. The number of rotatable bonds is 5. The minimum absolute atomic E-state index is 0.212. The fourth-order valence-corrected chi connectivity index (χ4v) is 8.41. The third kappa shape index (κ3) is 5.15. The molecule has 2 fully saturated rings. The number of hydrogen-bond acceptors (Lipinski definition) is 2. The molecule has 1 aliphatic carbocycles. The van der Waals surface area contributed by atoms with Crippen molar-refractivity contribution in [1.82, 2.24) is 0 Å². The Morgan fingerprint density at radius 1 is 1.00 bits per heavy atom. The number of carbonyl (C=O) groups excluding carboxylic acids is 1. The lowest BCUT2D eigenvalue weighted by molar-refractivity contribution is 0.0126. The molecular weight excluding hydrogens is 369 g/mol. The molecule has 1 heterocycles. The van der Waals surface area contributed by atoms with Crippen LogP contribution in [0.25, 0.3) is 0 Å². The predicted molar refractivity (Wildman–Crippen MR) is 102 cm³/mol. The van der Waals surface area contributed by atoms with Gasteiger partial charge >= 0.3 is 5.97 Å². The maximum absolute atomic E-state index is 13.3. The van der Waals surface area contributed by atoms with E-state index in [1.165, 1.54) is 37.4 Å². The first-order valence-electron chi connectivity index (χ1n) is 10.3. The van der Waals surface area contributed by atoms with Gasteiger partial charge in [-0.25, -0.2) is 18.0 Å². The maximum atomic E-state index is 13.3. The Bertz CT molecular complexity index is 628. The van der Waals surface area contributed by atoms with Crippen molar-refractivity contribution in [2.45, 2.75) is 76.1 Å². The summed E-state index contributed by atoms with van der Waals surface area (Å²) < 4.78 is 45.0. The molecule has 27 heavy (non-hydrogen) atoms. The molecule has 0 bridgehead atoms. The summed E-state index contributed by atoms with van der Waals surface area (Å²) in [5.74, 6) is -3.54. The molecule has 1 aromatic carbocycles. The van der Waals surface area contributed by atoms with E-state index in [1.807, 2.05) is 0 Å². The summed E-state index contributed by atoms with van der Waals surface area (Å²) in [6.07, 6.45) is 7.57. The van der Waals surface area contributed by atoms with Crippen molar-refractivity contribution in [1.29, 1.82) is 0 Å². The summed E-state index contributed by atoms with van der Waals surface area (Å²) in [5, 5.41) is 0. The van der Waals surface area contributed by atoms with Crippen LogP contribution in [0.5, 0.6) is 0 Å². The molecule has 1 aliphatic heterocycles. The third-order valence-corrected chi connectivity index (χ3v) is 10.2. The average Bonchev–Trinajstić information content (AvgIpc) is 2.67. The zero-order valence-corrected chi connectivity index (χ0v) is 17.1. The summed E-state index contributed by atoms with van der Waals surface area (Å²) in [6, 6.07) is 5.85. The van der Waals surface area contributed by atoms with Crippen molar-refractivity contribution in [3.05, 3.63) is 35.1 Å². The molecule has 0 radical (unpaired) electrons. The Morgan fingerprint density at radius 2 is 1.56 bits per heavy atom. The number of hydrogen-bond donors (Lipinski definition) is 0. The van der Waals surface area contributed by atoms with Crippen molar-refractivity contribution in [2.75, 3.05) is 0 Å². The smallest absolute Gasteiger partial charge is 0.338 e. The lowest BCUT2D eigenvalue weighted by Crippen LogP contribution is -2.31. The van der Waals surface area contributed by atoms with E-state index in [0.717, 1.165) is 37.5 Å². The Morgan fingerprint density at radius 3 is 2.11 bits per heavy atom. The van der Waals surface area contributed by atoms with Crippen LogP contribution >= 0.6 is 0 Å². The monoisotopic (exact) mass is 398 g/mol. The predicted octanol–water partition coefficient (Wildman–Crippen LogP) is 5.87. The van der Waals surface area contributed by atoms with Crippen LogP contribution in [0.3, 0.4) is 0 Å². The highest BCUT2D eigenvalue weighted by Crippen LogP contribution is 2.40. The third-order valence-electron chi connectivity index (χ3n) is 6.47. The van der Waals surface area contributed by atoms with E-state index in [1.54, 1.807) is 0 Å². The Balaban J connectivity index is 1.46. The van der Waals surface area contributed by atoms with Gasteiger partial charge in [0.25, 0.3) is 0 Å². The molecule has 2 aliphatic rings. The van der Waals surface area contributed by atoms with E-state index < -0.39 is 32.2 Å². The summed E-state index contributed by atoms with van der Waals surface area (Å²) >= 11 is 0. The first kappa shape index (κ1) is 20.4. The van der Waals surface area contributed by atoms with E-state index in [2.05, 4.69) is 6.92 Å². The van der Waals surface area contributed by atoms with Crippen molar-refractivity contribution >= 4 is 14.8 Å². The van der Waals surface area contributed by atoms with E-state index in [4.69, 9.17) is 4.74 Å². The molecule has 0 spiro atoms. The summed E-state index contributed by atoms with van der Waals surface area (Å²) in [5.41, 5.74) is -0.271. The second-order valence-electron chi connectivity index (χ2n) is 8.27. The molecule has 6 heteroatoms. The van der Waals surface area contributed by atoms with Gasteiger partial charge in [0.2, 0.25) is 0 Å². The van der Waals surface area contributed by atoms with Crippen molar-refractivity contribution in [3.8, 4) is 0 Å². The topological polar surface area (TPSA) is 26.3 Å². The zero-order valence-electron chi connectivity index (χ0n) is 16.0. The second-order valence-corrected chi connectivity index (χ2v) is 11.7. The van der Waals surface area contributed by atoms with Gasteiger partial charge in [0.1, 0.15) is 6.10 Å². The summed E-state index contributed by atoms with van der Waals surface area (Å²) in [4.78, 5) is 12.1. The van der Waals surface area contributed by atoms with Gasteiger partial charge in [-0.2, -0.15) is 0 Å². The van der Waals surface area contributed by atoms with Crippen molar-refractivity contribution in [3.63, 3.8) is 0 Å². The van der Waals surface area contributed by atoms with Gasteiger partial charge in [0.15, 0.2) is 17.5 Å². The first-order chi connectivity index (χ1) is 13.0. The fourth-order valence-electron chi connectivity index (χ4n) is 4.93. The Kier molecular flexibility index (Phi) is 7.01. The first-order valence-corrected chi connectivity index (χ1v) is 12.8. The lowest BCUT2D eigenvalue weighted by Gasteiger charge is -2.37. The molecule has 0 N–H and O–H groups in total. The molecule has 150 valence electrons. The molecular formula is C21H29F3O2Si. The Hall–Kier alpha value is -1.30. The van der Waals surface area contributed by atoms with Crippen LogP contribution in [0.1, 0.15) is 62.2 Å². The van der Waals surface area contributed by atoms with Gasteiger partial charge in [0.05, 0.1) is 5.56 Å². The molecule has 2 nitrogen and oxygen atoms in total. The van der Waals surface area contributed by atoms with Crippen molar-refractivity contribution in [2.24, 2.45) is 11.8 Å². The number of ether oxygens (including phenoxy) is 1. The molecule has 0 atom stereocenters. The SMILES string of the molecule is CCC[SiH]1CCC(C2CCC(OC(=O)c3cc(F)c(F)c(F)c3)CC2)CC1. The minimum Gasteiger partial charge on any atom is -0.459 e. The van der Waals surface area contributed by atoms with Gasteiger partial charge in [-0.15, -0.1) is 0 Å². The van der Waals surface area contributed by atoms with Crippen LogP contribution in [-0.4, -0.2) is 20.9 Å². The molecule has 0 amide bonds. The molecule has 1 saturated carbocycles. The van der Waals surface area contributed by atoms with Crippen LogP contribution in [0.2, 0.25) is 18.1 Å². The number of carbonyl (C=O) groups is 1. The average molecular weight is 399 g/mol. The highest BCUT2D eigenvalue weighted by atomic mass is 28.3. The van der Waals surface area contributed by atoms with E-state index >= 15 is 0 Å². The van der Waals surface area contributed by atoms with Crippen LogP contribution in [0, 0.1) is 29.3 Å². The van der Waals surface area contributed by atoms with Gasteiger partial charge < -0.3 is 4.74 Å². The normalized spacial score (nSPS) is 28.7. The van der Waals surface area contributed by atoms with Crippen LogP contribution in [0.4, 0.5) is 13.2 Å². The highest BCUT2D eigenvalue weighted by Gasteiger charge is 2.32. The molecule has 1 aromatic rings. The fraction of sp³-hybridized carbons (Fsp3) is 0.667. The molecule has 0 unspecified atom stereocenters.